The molecule has 0 aliphatic heterocycles. The van der Waals surface area contributed by atoms with E-state index in [1.54, 1.807) is 0 Å². The van der Waals surface area contributed by atoms with Crippen LogP contribution in [0.5, 0.6) is 0 Å². The maximum atomic E-state index is 2.49. The number of hydrogen-bond donors (Lipinski definition) is 0. The lowest BCUT2D eigenvalue weighted by Gasteiger charge is -2.42. The molecule has 2 aliphatic rings. The Kier molecular flexibility index (Phi) is 2.18. The second kappa shape index (κ2) is 3.05. The number of hydrogen-bond acceptors (Lipinski definition) is 0. The van der Waals surface area contributed by atoms with Crippen LogP contribution in [0, 0.1) is 17.3 Å². The van der Waals surface area contributed by atoms with E-state index in [4.69, 9.17) is 0 Å². The van der Waals surface area contributed by atoms with E-state index in [1.807, 2.05) is 0 Å². The molecule has 70 valence electrons. The van der Waals surface area contributed by atoms with Gasteiger partial charge < -0.3 is 0 Å². The molecular weight excluding hydrogens is 144 g/mol. The summed E-state index contributed by atoms with van der Waals surface area (Å²) in [6.45, 7) is 4.91. The third-order valence-corrected chi connectivity index (χ3v) is 4.48. The highest BCUT2D eigenvalue weighted by Gasteiger charge is 2.34. The minimum absolute atomic E-state index is 0.773. The molecule has 0 aromatic carbocycles. The van der Waals surface area contributed by atoms with Crippen molar-refractivity contribution in [3.8, 4) is 0 Å². The van der Waals surface area contributed by atoms with Gasteiger partial charge in [-0.15, -0.1) is 0 Å². The van der Waals surface area contributed by atoms with Crippen LogP contribution in [0.25, 0.3) is 0 Å². The summed E-state index contributed by atoms with van der Waals surface area (Å²) in [5, 5.41) is 0. The van der Waals surface area contributed by atoms with Gasteiger partial charge in [0.25, 0.3) is 0 Å². The number of rotatable bonds is 3. The third-order valence-electron chi connectivity index (χ3n) is 4.48. The van der Waals surface area contributed by atoms with Crippen LogP contribution in [-0.2, 0) is 0 Å². The van der Waals surface area contributed by atoms with Crippen LogP contribution >= 0.6 is 0 Å². The van der Waals surface area contributed by atoms with E-state index in [2.05, 4.69) is 13.8 Å². The van der Waals surface area contributed by atoms with Gasteiger partial charge in [0.2, 0.25) is 0 Å². The minimum atomic E-state index is 0.773. The van der Waals surface area contributed by atoms with Crippen molar-refractivity contribution in [1.82, 2.24) is 0 Å². The Hall–Kier alpha value is 0. The van der Waals surface area contributed by atoms with Gasteiger partial charge in [0, 0.05) is 0 Å². The lowest BCUT2D eigenvalue weighted by Crippen LogP contribution is -2.29. The molecule has 0 radical (unpaired) electrons. The highest BCUT2D eigenvalue weighted by atomic mass is 14.4. The predicted octanol–water partition coefficient (Wildman–Crippen LogP) is 4.00. The van der Waals surface area contributed by atoms with Crippen molar-refractivity contribution in [2.45, 2.75) is 58.8 Å². The normalized spacial score (nSPS) is 38.5. The summed E-state index contributed by atoms with van der Waals surface area (Å²) < 4.78 is 0. The van der Waals surface area contributed by atoms with Gasteiger partial charge in [0.15, 0.2) is 0 Å². The molecule has 2 unspecified atom stereocenters. The summed E-state index contributed by atoms with van der Waals surface area (Å²) in [6, 6.07) is 0. The van der Waals surface area contributed by atoms with E-state index >= 15 is 0 Å². The van der Waals surface area contributed by atoms with Crippen molar-refractivity contribution in [3.63, 3.8) is 0 Å². The van der Waals surface area contributed by atoms with Crippen LogP contribution in [-0.4, -0.2) is 0 Å². The molecule has 0 N–H and O–H groups in total. The van der Waals surface area contributed by atoms with Crippen molar-refractivity contribution in [1.29, 1.82) is 0 Å². The van der Waals surface area contributed by atoms with E-state index in [1.165, 1.54) is 44.9 Å². The summed E-state index contributed by atoms with van der Waals surface area (Å²) >= 11 is 0. The molecule has 2 saturated carbocycles. The van der Waals surface area contributed by atoms with Crippen molar-refractivity contribution in [3.05, 3.63) is 0 Å². The van der Waals surface area contributed by atoms with E-state index in [0.717, 1.165) is 17.3 Å². The monoisotopic (exact) mass is 166 g/mol. The Bertz CT molecular complexity index is 155. The average molecular weight is 166 g/mol. The van der Waals surface area contributed by atoms with Gasteiger partial charge in [-0.25, -0.2) is 0 Å². The summed E-state index contributed by atoms with van der Waals surface area (Å²) in [7, 11) is 0. The molecule has 0 saturated heterocycles. The van der Waals surface area contributed by atoms with Crippen LogP contribution in [0.1, 0.15) is 58.8 Å². The van der Waals surface area contributed by atoms with Gasteiger partial charge in [-0.1, -0.05) is 26.7 Å². The van der Waals surface area contributed by atoms with Crippen LogP contribution in [0.15, 0.2) is 0 Å². The zero-order valence-corrected chi connectivity index (χ0v) is 8.60. The van der Waals surface area contributed by atoms with Crippen molar-refractivity contribution < 1.29 is 0 Å². The molecule has 0 spiro atoms. The Morgan fingerprint density at radius 2 is 2.00 bits per heavy atom. The van der Waals surface area contributed by atoms with E-state index in [9.17, 15) is 0 Å². The summed E-state index contributed by atoms with van der Waals surface area (Å²) in [5.74, 6) is 2.15. The lowest BCUT2D eigenvalue weighted by molar-refractivity contribution is 0.0991. The second-order valence-corrected chi connectivity index (χ2v) is 5.52. The van der Waals surface area contributed by atoms with Gasteiger partial charge in [0.1, 0.15) is 0 Å². The average Bonchev–Trinajstić information content (AvgIpc) is 1.99. The highest BCUT2D eigenvalue weighted by Crippen LogP contribution is 2.47. The molecule has 0 heterocycles. The SMILES string of the molecule is CC1CCC1CCC1(C)CCC1. The second-order valence-electron chi connectivity index (χ2n) is 5.52. The van der Waals surface area contributed by atoms with Gasteiger partial charge in [-0.2, -0.15) is 0 Å². The Morgan fingerprint density at radius 1 is 1.25 bits per heavy atom. The fourth-order valence-electron chi connectivity index (χ4n) is 2.73. The maximum Gasteiger partial charge on any atom is -0.0326 e. The molecule has 0 nitrogen and oxygen atoms in total. The minimum Gasteiger partial charge on any atom is -0.0622 e. The summed E-state index contributed by atoms with van der Waals surface area (Å²) in [6.07, 6.45) is 10.6. The topological polar surface area (TPSA) is 0 Å². The molecule has 0 aromatic heterocycles. The molecule has 2 rings (SSSR count). The molecular formula is C12H22. The summed E-state index contributed by atoms with van der Waals surface area (Å²) in [5.41, 5.74) is 0.773. The fraction of sp³-hybridized carbons (Fsp3) is 1.00. The van der Waals surface area contributed by atoms with E-state index < -0.39 is 0 Å². The van der Waals surface area contributed by atoms with Crippen LogP contribution in [0.2, 0.25) is 0 Å². The smallest absolute Gasteiger partial charge is 0.0326 e. The first-order valence-electron chi connectivity index (χ1n) is 5.70. The van der Waals surface area contributed by atoms with Crippen LogP contribution < -0.4 is 0 Å². The third kappa shape index (κ3) is 1.53. The van der Waals surface area contributed by atoms with Crippen molar-refractivity contribution in [2.75, 3.05) is 0 Å². The highest BCUT2D eigenvalue weighted by molar-refractivity contribution is 4.86. The van der Waals surface area contributed by atoms with Gasteiger partial charge in [-0.3, -0.25) is 0 Å². The molecule has 12 heavy (non-hydrogen) atoms. The van der Waals surface area contributed by atoms with Gasteiger partial charge in [-0.05, 0) is 49.4 Å². The molecule has 2 aliphatic carbocycles. The zero-order valence-electron chi connectivity index (χ0n) is 8.60. The summed E-state index contributed by atoms with van der Waals surface area (Å²) in [4.78, 5) is 0. The van der Waals surface area contributed by atoms with Gasteiger partial charge >= 0.3 is 0 Å². The standard InChI is InChI=1S/C12H22/c1-10-4-5-11(10)6-9-12(2)7-3-8-12/h10-11H,3-9H2,1-2H3. The van der Waals surface area contributed by atoms with Crippen molar-refractivity contribution in [2.24, 2.45) is 17.3 Å². The first-order chi connectivity index (χ1) is 5.70. The lowest BCUT2D eigenvalue weighted by atomic mass is 9.64. The predicted molar refractivity (Wildman–Crippen MR) is 53.1 cm³/mol. The fourth-order valence-corrected chi connectivity index (χ4v) is 2.73. The first-order valence-corrected chi connectivity index (χ1v) is 5.70. The molecule has 0 bridgehead atoms. The molecule has 2 atom stereocenters. The Morgan fingerprint density at radius 3 is 2.33 bits per heavy atom. The van der Waals surface area contributed by atoms with Gasteiger partial charge in [0.05, 0.1) is 0 Å². The van der Waals surface area contributed by atoms with E-state index in [-0.39, 0.29) is 0 Å². The maximum absolute atomic E-state index is 2.49. The van der Waals surface area contributed by atoms with E-state index in [0.29, 0.717) is 0 Å². The Labute approximate surface area is 76.7 Å². The van der Waals surface area contributed by atoms with Crippen LogP contribution in [0.4, 0.5) is 0 Å². The van der Waals surface area contributed by atoms with Crippen LogP contribution in [0.3, 0.4) is 0 Å². The molecule has 0 aromatic rings. The molecule has 2 fully saturated rings. The quantitative estimate of drug-likeness (QED) is 0.594. The Balaban J connectivity index is 1.67. The zero-order chi connectivity index (χ0) is 8.60. The molecule has 0 heteroatoms. The first kappa shape index (κ1) is 8.59. The van der Waals surface area contributed by atoms with Crippen molar-refractivity contribution >= 4 is 0 Å². The molecule has 0 amide bonds. The largest absolute Gasteiger partial charge is 0.0622 e.